The maximum absolute atomic E-state index is 11.8. The van der Waals surface area contributed by atoms with E-state index in [1.807, 2.05) is 6.92 Å². The molecule has 2 aliphatic carbocycles. The van der Waals surface area contributed by atoms with Gasteiger partial charge in [0.05, 0.1) is 12.7 Å². The molecule has 2 N–H and O–H groups in total. The maximum Gasteiger partial charge on any atom is 0.407 e. The van der Waals surface area contributed by atoms with Gasteiger partial charge in [0.25, 0.3) is 0 Å². The maximum atomic E-state index is 11.8. The summed E-state index contributed by atoms with van der Waals surface area (Å²) < 4.78 is 11.1. The Morgan fingerprint density at radius 3 is 2.75 bits per heavy atom. The van der Waals surface area contributed by atoms with E-state index >= 15 is 0 Å². The van der Waals surface area contributed by atoms with Crippen molar-refractivity contribution in [1.82, 2.24) is 10.6 Å². The van der Waals surface area contributed by atoms with Gasteiger partial charge in [-0.1, -0.05) is 26.7 Å². The van der Waals surface area contributed by atoms with Crippen molar-refractivity contribution in [2.45, 2.75) is 77.5 Å². The molecule has 3 aliphatic rings. The zero-order chi connectivity index (χ0) is 17.2. The van der Waals surface area contributed by atoms with Crippen molar-refractivity contribution >= 4 is 6.09 Å². The van der Waals surface area contributed by atoms with E-state index in [0.717, 1.165) is 19.6 Å². The summed E-state index contributed by atoms with van der Waals surface area (Å²) in [5.74, 6) is 1.22. The smallest absolute Gasteiger partial charge is 0.407 e. The molecule has 0 aromatic carbocycles. The molecule has 0 bridgehead atoms. The molecule has 0 unspecified atom stereocenters. The third kappa shape index (κ3) is 3.43. The van der Waals surface area contributed by atoms with Gasteiger partial charge in [-0.2, -0.15) is 0 Å². The van der Waals surface area contributed by atoms with Crippen molar-refractivity contribution in [3.63, 3.8) is 0 Å². The van der Waals surface area contributed by atoms with E-state index in [-0.39, 0.29) is 12.1 Å². The predicted molar refractivity (Wildman–Crippen MR) is 93.9 cm³/mol. The zero-order valence-electron chi connectivity index (χ0n) is 15.5. The van der Waals surface area contributed by atoms with Crippen LogP contribution < -0.4 is 10.6 Å². The lowest BCUT2D eigenvalue weighted by Crippen LogP contribution is -2.68. The van der Waals surface area contributed by atoms with Crippen molar-refractivity contribution in [2.24, 2.45) is 17.3 Å². The molecule has 5 heteroatoms. The molecule has 0 aromatic heterocycles. The van der Waals surface area contributed by atoms with Crippen LogP contribution in [0.25, 0.3) is 0 Å². The minimum atomic E-state index is -0.295. The average molecular weight is 338 g/mol. The molecule has 138 valence electrons. The monoisotopic (exact) mass is 338 g/mol. The van der Waals surface area contributed by atoms with E-state index < -0.39 is 0 Å². The highest BCUT2D eigenvalue weighted by Gasteiger charge is 2.64. The molecule has 1 amide bonds. The highest BCUT2D eigenvalue weighted by atomic mass is 16.5. The van der Waals surface area contributed by atoms with Gasteiger partial charge in [0.1, 0.15) is 0 Å². The van der Waals surface area contributed by atoms with Gasteiger partial charge in [-0.3, -0.25) is 0 Å². The lowest BCUT2D eigenvalue weighted by molar-refractivity contribution is -0.130. The Bertz CT molecular complexity index is 434. The Morgan fingerprint density at radius 1 is 1.33 bits per heavy atom. The molecule has 1 aliphatic heterocycles. The number of carbonyl (C=O) groups is 1. The van der Waals surface area contributed by atoms with E-state index in [1.54, 1.807) is 0 Å². The topological polar surface area (TPSA) is 59.6 Å². The van der Waals surface area contributed by atoms with Crippen molar-refractivity contribution in [1.29, 1.82) is 0 Å². The number of amides is 1. The number of fused-ring (bicyclic) bond motifs is 2. The van der Waals surface area contributed by atoms with Crippen LogP contribution in [0, 0.1) is 17.3 Å². The molecule has 1 spiro atoms. The molecular weight excluding hydrogens is 304 g/mol. The van der Waals surface area contributed by atoms with Crippen LogP contribution in [0.1, 0.15) is 59.3 Å². The normalized spacial score (nSPS) is 31.8. The molecule has 2 saturated carbocycles. The summed E-state index contributed by atoms with van der Waals surface area (Å²) in [5.41, 5.74) is 0.369. The summed E-state index contributed by atoms with van der Waals surface area (Å²) >= 11 is 0. The van der Waals surface area contributed by atoms with Gasteiger partial charge < -0.3 is 20.1 Å². The van der Waals surface area contributed by atoms with Crippen molar-refractivity contribution in [2.75, 3.05) is 19.8 Å². The van der Waals surface area contributed by atoms with Gasteiger partial charge in [0.15, 0.2) is 0 Å². The first-order valence-electron chi connectivity index (χ1n) is 9.85. The number of hydrogen-bond acceptors (Lipinski definition) is 4. The second-order valence-electron chi connectivity index (χ2n) is 8.26. The summed E-state index contributed by atoms with van der Waals surface area (Å²) in [6.45, 7) is 8.40. The fourth-order valence-corrected chi connectivity index (χ4v) is 5.38. The SMILES string of the molecule is CCOC(=O)N[C@H](CN[C@@H]1[C@@H]2CCO[C@@H]2C12CCCC2)CC(C)C. The summed E-state index contributed by atoms with van der Waals surface area (Å²) in [4.78, 5) is 11.8. The first-order chi connectivity index (χ1) is 11.6. The van der Waals surface area contributed by atoms with Gasteiger partial charge in [-0.05, 0) is 38.5 Å². The number of carbonyl (C=O) groups excluding carboxylic acids is 1. The van der Waals surface area contributed by atoms with Gasteiger partial charge in [-0.25, -0.2) is 4.79 Å². The van der Waals surface area contributed by atoms with E-state index in [2.05, 4.69) is 24.5 Å². The first kappa shape index (κ1) is 18.0. The fraction of sp³-hybridized carbons (Fsp3) is 0.947. The summed E-state index contributed by atoms with van der Waals surface area (Å²) in [5, 5.41) is 6.86. The second kappa shape index (κ2) is 7.61. The van der Waals surface area contributed by atoms with Crippen LogP contribution in [0.4, 0.5) is 4.79 Å². The highest BCUT2D eigenvalue weighted by molar-refractivity contribution is 5.67. The van der Waals surface area contributed by atoms with Crippen LogP contribution in [0.15, 0.2) is 0 Å². The highest BCUT2D eigenvalue weighted by Crippen LogP contribution is 2.60. The molecular formula is C19H34N2O3. The molecule has 4 atom stereocenters. The van der Waals surface area contributed by atoms with Crippen molar-refractivity contribution in [3.05, 3.63) is 0 Å². The van der Waals surface area contributed by atoms with Crippen LogP contribution >= 0.6 is 0 Å². The van der Waals surface area contributed by atoms with Crippen LogP contribution in [-0.4, -0.2) is 44.0 Å². The Hall–Kier alpha value is -0.810. The molecule has 0 radical (unpaired) electrons. The Morgan fingerprint density at radius 2 is 2.08 bits per heavy atom. The van der Waals surface area contributed by atoms with Crippen LogP contribution in [0.5, 0.6) is 0 Å². The van der Waals surface area contributed by atoms with Gasteiger partial charge in [0, 0.05) is 36.6 Å². The van der Waals surface area contributed by atoms with Crippen molar-refractivity contribution in [3.8, 4) is 0 Å². The molecule has 1 saturated heterocycles. The van der Waals surface area contributed by atoms with Gasteiger partial charge in [-0.15, -0.1) is 0 Å². The average Bonchev–Trinajstić information content (AvgIpc) is 3.14. The zero-order valence-corrected chi connectivity index (χ0v) is 15.5. The Labute approximate surface area is 146 Å². The number of rotatable bonds is 7. The van der Waals surface area contributed by atoms with Crippen LogP contribution in [0.3, 0.4) is 0 Å². The Balaban J connectivity index is 1.57. The van der Waals surface area contributed by atoms with E-state index in [0.29, 0.717) is 36.0 Å². The summed E-state index contributed by atoms with van der Waals surface area (Å²) in [6.07, 6.45) is 7.61. The molecule has 24 heavy (non-hydrogen) atoms. The van der Waals surface area contributed by atoms with E-state index in [1.165, 1.54) is 32.1 Å². The minimum Gasteiger partial charge on any atom is -0.450 e. The van der Waals surface area contributed by atoms with E-state index in [4.69, 9.17) is 9.47 Å². The number of alkyl carbamates (subject to hydrolysis) is 1. The molecule has 1 heterocycles. The predicted octanol–water partition coefficient (Wildman–Crippen LogP) is 3.08. The molecule has 3 fully saturated rings. The quantitative estimate of drug-likeness (QED) is 0.749. The van der Waals surface area contributed by atoms with Gasteiger partial charge >= 0.3 is 6.09 Å². The summed E-state index contributed by atoms with van der Waals surface area (Å²) in [7, 11) is 0. The van der Waals surface area contributed by atoms with Crippen LogP contribution in [0.2, 0.25) is 0 Å². The molecule has 3 rings (SSSR count). The lowest BCUT2D eigenvalue weighted by atomic mass is 9.54. The standard InChI is InChI=1S/C19H34N2O3/c1-4-23-18(22)21-14(11-13(2)3)12-20-16-15-7-10-24-17(15)19(16)8-5-6-9-19/h13-17,20H,4-12H2,1-3H3,(H,21,22)/t14-,15-,16+,17-/m0/s1. The summed E-state index contributed by atoms with van der Waals surface area (Å²) in [6, 6.07) is 0.690. The van der Waals surface area contributed by atoms with Gasteiger partial charge in [0.2, 0.25) is 0 Å². The van der Waals surface area contributed by atoms with E-state index in [9.17, 15) is 4.79 Å². The molecule has 5 nitrogen and oxygen atoms in total. The Kier molecular flexibility index (Phi) is 5.70. The third-order valence-corrected chi connectivity index (χ3v) is 6.22. The first-order valence-corrected chi connectivity index (χ1v) is 9.85. The fourth-order valence-electron chi connectivity index (χ4n) is 5.38. The van der Waals surface area contributed by atoms with Crippen molar-refractivity contribution < 1.29 is 14.3 Å². The number of ether oxygens (including phenoxy) is 2. The lowest BCUT2D eigenvalue weighted by Gasteiger charge is -2.57. The third-order valence-electron chi connectivity index (χ3n) is 6.22. The number of nitrogens with one attached hydrogen (secondary N) is 2. The van der Waals surface area contributed by atoms with Crippen LogP contribution in [-0.2, 0) is 9.47 Å². The number of hydrogen-bond donors (Lipinski definition) is 2. The second-order valence-corrected chi connectivity index (χ2v) is 8.26. The minimum absolute atomic E-state index is 0.129. The largest absolute Gasteiger partial charge is 0.450 e. The molecule has 0 aromatic rings.